The van der Waals surface area contributed by atoms with E-state index < -0.39 is 0 Å². The van der Waals surface area contributed by atoms with Crippen molar-refractivity contribution < 1.29 is 4.42 Å². The molecule has 0 aromatic carbocycles. The van der Waals surface area contributed by atoms with Crippen molar-refractivity contribution >= 4 is 11.1 Å². The fourth-order valence-corrected chi connectivity index (χ4v) is 5.21. The van der Waals surface area contributed by atoms with Crippen molar-refractivity contribution in [1.29, 1.82) is 0 Å². The van der Waals surface area contributed by atoms with Crippen LogP contribution in [0.3, 0.4) is 0 Å². The minimum absolute atomic E-state index is 0.0451. The zero-order valence-electron chi connectivity index (χ0n) is 14.0. The van der Waals surface area contributed by atoms with Gasteiger partial charge in [-0.05, 0) is 36.1 Å². The summed E-state index contributed by atoms with van der Waals surface area (Å²) < 4.78 is 6.08. The van der Waals surface area contributed by atoms with Crippen LogP contribution in [-0.4, -0.2) is 0 Å². The van der Waals surface area contributed by atoms with Gasteiger partial charge in [-0.1, -0.05) is 62.5 Å². The average Bonchev–Trinajstić information content (AvgIpc) is 2.80. The van der Waals surface area contributed by atoms with E-state index in [4.69, 9.17) is 4.42 Å². The summed E-state index contributed by atoms with van der Waals surface area (Å²) in [7, 11) is 0. The molecule has 2 atom stereocenters. The molecule has 0 radical (unpaired) electrons. The van der Waals surface area contributed by atoms with Gasteiger partial charge in [-0.25, -0.2) is 0 Å². The van der Waals surface area contributed by atoms with Gasteiger partial charge < -0.3 is 4.42 Å². The van der Waals surface area contributed by atoms with Crippen molar-refractivity contribution in [2.75, 3.05) is 0 Å². The smallest absolute Gasteiger partial charge is 0.109 e. The lowest BCUT2D eigenvalue weighted by Gasteiger charge is -2.57. The second kappa shape index (κ2) is 3.79. The van der Waals surface area contributed by atoms with Gasteiger partial charge in [0.2, 0.25) is 0 Å². The van der Waals surface area contributed by atoms with Crippen LogP contribution in [0.15, 0.2) is 64.2 Å². The Labute approximate surface area is 137 Å². The molecule has 23 heavy (non-hydrogen) atoms. The predicted octanol–water partition coefficient (Wildman–Crippen LogP) is 5.70. The van der Waals surface area contributed by atoms with Gasteiger partial charge in [-0.15, -0.1) is 0 Å². The average molecular weight is 300 g/mol. The molecule has 4 aliphatic carbocycles. The minimum atomic E-state index is -0.0451. The molecule has 0 fully saturated rings. The Morgan fingerprint density at radius 1 is 0.696 bits per heavy atom. The molecule has 1 heterocycles. The van der Waals surface area contributed by atoms with Gasteiger partial charge in [0.05, 0.1) is 0 Å². The van der Waals surface area contributed by atoms with Gasteiger partial charge in [0.15, 0.2) is 0 Å². The van der Waals surface area contributed by atoms with Crippen molar-refractivity contribution in [2.24, 2.45) is 10.8 Å². The normalized spacial score (nSPS) is 32.5. The highest BCUT2D eigenvalue weighted by Crippen LogP contribution is 2.70. The maximum absolute atomic E-state index is 6.08. The van der Waals surface area contributed by atoms with Gasteiger partial charge in [0.1, 0.15) is 11.5 Å². The van der Waals surface area contributed by atoms with E-state index in [0.29, 0.717) is 0 Å². The van der Waals surface area contributed by atoms with E-state index in [-0.39, 0.29) is 10.8 Å². The fourth-order valence-electron chi connectivity index (χ4n) is 5.21. The van der Waals surface area contributed by atoms with E-state index in [1.165, 1.54) is 33.4 Å². The molecule has 0 bridgehead atoms. The molecule has 0 amide bonds. The summed E-state index contributed by atoms with van der Waals surface area (Å²) in [5, 5.41) is 0. The third-order valence-electron chi connectivity index (χ3n) is 6.55. The molecule has 1 nitrogen and oxygen atoms in total. The number of furan rings is 1. The lowest BCUT2D eigenvalue weighted by Crippen LogP contribution is -2.47. The molecule has 0 saturated heterocycles. The predicted molar refractivity (Wildman–Crippen MR) is 94.8 cm³/mol. The molecule has 0 unspecified atom stereocenters. The summed E-state index contributed by atoms with van der Waals surface area (Å²) in [6.45, 7) is 9.00. The van der Waals surface area contributed by atoms with Crippen LogP contribution < -0.4 is 0 Å². The summed E-state index contributed by atoms with van der Waals surface area (Å²) in [5.74, 6) is 2.07. The molecule has 1 heteroatoms. The molecule has 0 N–H and O–H groups in total. The quantitative estimate of drug-likeness (QED) is 0.599. The van der Waals surface area contributed by atoms with E-state index in [1.807, 2.05) is 0 Å². The number of hydrogen-bond donors (Lipinski definition) is 0. The van der Waals surface area contributed by atoms with Crippen LogP contribution in [0.5, 0.6) is 0 Å². The Hall–Kier alpha value is -2.28. The number of fused-ring (bicyclic) bond motifs is 3. The van der Waals surface area contributed by atoms with Crippen molar-refractivity contribution in [3.63, 3.8) is 0 Å². The largest absolute Gasteiger partial charge is 0.465 e. The molecule has 0 spiro atoms. The van der Waals surface area contributed by atoms with Crippen LogP contribution in [0.1, 0.15) is 36.5 Å². The molecule has 1 aromatic heterocycles. The molecule has 4 aliphatic rings. The first-order valence-corrected chi connectivity index (χ1v) is 8.31. The van der Waals surface area contributed by atoms with Crippen molar-refractivity contribution in [2.45, 2.75) is 27.7 Å². The standard InChI is InChI=1S/C22H20O/c1-13-19-17-9-5-7-15-11-12-16-8-6-10-18(20(19)14(2)23-13)22(16,4)21(15,17)3/h5-12H,1-4H3/t21-,22-/m1/s1. The van der Waals surface area contributed by atoms with E-state index in [2.05, 4.69) is 76.3 Å². The Morgan fingerprint density at radius 2 is 1.13 bits per heavy atom. The van der Waals surface area contributed by atoms with Crippen LogP contribution in [0.2, 0.25) is 0 Å². The Kier molecular flexibility index (Phi) is 2.17. The molecular weight excluding hydrogens is 280 g/mol. The SMILES string of the molecule is Cc1oc(C)c2c1C1=CC=CC3=CC=C4C=CC=C2[C@]4(C)[C@]31C. The fraction of sp³-hybridized carbons (Fsp3) is 0.273. The van der Waals surface area contributed by atoms with Gasteiger partial charge in [-0.2, -0.15) is 0 Å². The summed E-state index contributed by atoms with van der Waals surface area (Å²) >= 11 is 0. The van der Waals surface area contributed by atoms with Crippen LogP contribution in [0, 0.1) is 24.7 Å². The Morgan fingerprint density at radius 3 is 1.57 bits per heavy atom. The third kappa shape index (κ3) is 1.20. The van der Waals surface area contributed by atoms with Crippen LogP contribution >= 0.6 is 0 Å². The third-order valence-corrected chi connectivity index (χ3v) is 6.55. The van der Waals surface area contributed by atoms with Crippen molar-refractivity contribution in [1.82, 2.24) is 0 Å². The Balaban J connectivity index is 2.02. The van der Waals surface area contributed by atoms with Gasteiger partial charge in [-0.3, -0.25) is 0 Å². The van der Waals surface area contributed by atoms with Gasteiger partial charge in [0, 0.05) is 22.0 Å². The van der Waals surface area contributed by atoms with Crippen molar-refractivity contribution in [3.8, 4) is 0 Å². The zero-order chi connectivity index (χ0) is 16.0. The summed E-state index contributed by atoms with van der Waals surface area (Å²) in [5.41, 5.74) is 8.11. The summed E-state index contributed by atoms with van der Waals surface area (Å²) in [4.78, 5) is 0. The zero-order valence-corrected chi connectivity index (χ0v) is 14.0. The monoisotopic (exact) mass is 300 g/mol. The highest BCUT2D eigenvalue weighted by Gasteiger charge is 2.59. The lowest BCUT2D eigenvalue weighted by atomic mass is 9.44. The molecular formula is C22H20O. The van der Waals surface area contributed by atoms with E-state index >= 15 is 0 Å². The first-order chi connectivity index (χ1) is 11.0. The summed E-state index contributed by atoms with van der Waals surface area (Å²) in [6.07, 6.45) is 18.1. The second-order valence-corrected chi connectivity index (χ2v) is 7.34. The van der Waals surface area contributed by atoms with Crippen molar-refractivity contribution in [3.05, 3.63) is 82.4 Å². The topological polar surface area (TPSA) is 13.1 Å². The van der Waals surface area contributed by atoms with Crippen LogP contribution in [0.25, 0.3) is 11.1 Å². The van der Waals surface area contributed by atoms with E-state index in [1.54, 1.807) is 0 Å². The van der Waals surface area contributed by atoms with E-state index in [0.717, 1.165) is 11.5 Å². The van der Waals surface area contributed by atoms with Crippen LogP contribution in [0.4, 0.5) is 0 Å². The highest BCUT2D eigenvalue weighted by atomic mass is 16.3. The molecule has 0 saturated carbocycles. The maximum Gasteiger partial charge on any atom is 0.109 e. The summed E-state index contributed by atoms with van der Waals surface area (Å²) in [6, 6.07) is 0. The molecule has 5 rings (SSSR count). The second-order valence-electron chi connectivity index (χ2n) is 7.34. The first-order valence-electron chi connectivity index (χ1n) is 8.31. The minimum Gasteiger partial charge on any atom is -0.465 e. The number of rotatable bonds is 0. The van der Waals surface area contributed by atoms with Gasteiger partial charge in [0.25, 0.3) is 0 Å². The Bertz CT molecular complexity index is 878. The maximum atomic E-state index is 6.08. The molecule has 1 aromatic rings. The number of hydrogen-bond acceptors (Lipinski definition) is 1. The number of aryl methyl sites for hydroxylation is 2. The van der Waals surface area contributed by atoms with E-state index in [9.17, 15) is 0 Å². The number of allylic oxidation sites excluding steroid dienone is 12. The first kappa shape index (κ1) is 13.2. The van der Waals surface area contributed by atoms with Crippen LogP contribution in [-0.2, 0) is 0 Å². The molecule has 0 aliphatic heterocycles. The highest BCUT2D eigenvalue weighted by molar-refractivity contribution is 5.98. The lowest BCUT2D eigenvalue weighted by molar-refractivity contribution is 0.303. The van der Waals surface area contributed by atoms with Gasteiger partial charge >= 0.3 is 0 Å². The molecule has 114 valence electrons.